The summed E-state index contributed by atoms with van der Waals surface area (Å²) in [6.45, 7) is 3.19. The van der Waals surface area contributed by atoms with Gasteiger partial charge in [-0.15, -0.1) is 0 Å². The molecule has 2 N–H and O–H groups in total. The van der Waals surface area contributed by atoms with Gasteiger partial charge in [0.1, 0.15) is 18.1 Å². The Labute approximate surface area is 156 Å². The van der Waals surface area contributed by atoms with Gasteiger partial charge >= 0.3 is 18.0 Å². The van der Waals surface area contributed by atoms with Crippen molar-refractivity contribution in [2.75, 3.05) is 27.4 Å². The Kier molecular flexibility index (Phi) is 6.64. The third-order valence-electron chi connectivity index (χ3n) is 3.80. The number of benzene rings is 1. The monoisotopic (exact) mass is 378 g/mol. The summed E-state index contributed by atoms with van der Waals surface area (Å²) in [4.78, 5) is 36.3. The molecule has 0 aliphatic carbocycles. The van der Waals surface area contributed by atoms with Gasteiger partial charge in [0.2, 0.25) is 0 Å². The molecule has 9 nitrogen and oxygen atoms in total. The molecule has 0 fully saturated rings. The van der Waals surface area contributed by atoms with Crippen LogP contribution >= 0.6 is 0 Å². The Hall–Kier alpha value is -3.23. The molecular formula is C18H22N2O7. The number of ether oxygens (including phenoxy) is 4. The predicted molar refractivity (Wildman–Crippen MR) is 94.6 cm³/mol. The third kappa shape index (κ3) is 4.90. The molecule has 1 aliphatic heterocycles. The first-order valence-corrected chi connectivity index (χ1v) is 8.27. The molecule has 1 atom stereocenters. The van der Waals surface area contributed by atoms with Crippen LogP contribution in [-0.4, -0.2) is 51.4 Å². The van der Waals surface area contributed by atoms with E-state index in [-0.39, 0.29) is 30.0 Å². The second-order valence-corrected chi connectivity index (χ2v) is 5.61. The van der Waals surface area contributed by atoms with E-state index in [1.54, 1.807) is 19.9 Å². The zero-order valence-corrected chi connectivity index (χ0v) is 15.6. The minimum Gasteiger partial charge on any atom is -0.497 e. The van der Waals surface area contributed by atoms with Crippen molar-refractivity contribution in [3.8, 4) is 11.5 Å². The van der Waals surface area contributed by atoms with E-state index < -0.39 is 24.0 Å². The van der Waals surface area contributed by atoms with E-state index in [2.05, 4.69) is 10.6 Å². The maximum absolute atomic E-state index is 12.4. The van der Waals surface area contributed by atoms with Gasteiger partial charge < -0.3 is 29.6 Å². The van der Waals surface area contributed by atoms with Crippen LogP contribution in [0.5, 0.6) is 11.5 Å². The van der Waals surface area contributed by atoms with Crippen LogP contribution in [0.1, 0.15) is 24.2 Å². The van der Waals surface area contributed by atoms with Gasteiger partial charge in [0.15, 0.2) is 0 Å². The van der Waals surface area contributed by atoms with Gasteiger partial charge in [0.05, 0.1) is 43.7 Å². The van der Waals surface area contributed by atoms with Gasteiger partial charge in [-0.25, -0.2) is 14.4 Å². The van der Waals surface area contributed by atoms with Crippen molar-refractivity contribution in [3.63, 3.8) is 0 Å². The van der Waals surface area contributed by atoms with Crippen molar-refractivity contribution in [2.24, 2.45) is 0 Å². The zero-order chi connectivity index (χ0) is 20.0. The van der Waals surface area contributed by atoms with Crippen LogP contribution in [0.2, 0.25) is 0 Å². The van der Waals surface area contributed by atoms with Crippen LogP contribution in [0.3, 0.4) is 0 Å². The molecule has 0 unspecified atom stereocenters. The Balaban J connectivity index is 2.21. The second kappa shape index (κ2) is 8.93. The lowest BCUT2D eigenvalue weighted by atomic mass is 10.0. The van der Waals surface area contributed by atoms with Crippen LogP contribution in [0.25, 0.3) is 0 Å². The highest BCUT2D eigenvalue weighted by atomic mass is 16.5. The summed E-state index contributed by atoms with van der Waals surface area (Å²) < 4.78 is 20.5. The Bertz CT molecular complexity index is 751. The van der Waals surface area contributed by atoms with Crippen LogP contribution in [0.4, 0.5) is 4.79 Å². The number of carbonyl (C=O) groups is 3. The van der Waals surface area contributed by atoms with Gasteiger partial charge in [-0.2, -0.15) is 0 Å². The first-order valence-electron chi connectivity index (χ1n) is 8.27. The first-order chi connectivity index (χ1) is 12.9. The lowest BCUT2D eigenvalue weighted by molar-refractivity contribution is -0.139. The quantitative estimate of drug-likeness (QED) is 0.689. The van der Waals surface area contributed by atoms with E-state index in [4.69, 9.17) is 18.9 Å². The summed E-state index contributed by atoms with van der Waals surface area (Å²) in [5.41, 5.74) is 0.582. The van der Waals surface area contributed by atoms with Crippen LogP contribution in [0.15, 0.2) is 29.5 Å². The Morgan fingerprint density at radius 2 is 1.67 bits per heavy atom. The number of nitrogens with one attached hydrogen (secondary N) is 2. The van der Waals surface area contributed by atoms with Gasteiger partial charge in [-0.05, 0) is 26.0 Å². The van der Waals surface area contributed by atoms with E-state index >= 15 is 0 Å². The molecule has 0 aromatic heterocycles. The Morgan fingerprint density at radius 1 is 1.04 bits per heavy atom. The normalized spacial score (nSPS) is 16.1. The topological polar surface area (TPSA) is 112 Å². The molecule has 0 spiro atoms. The standard InChI is InChI=1S/C18H22N2O7/c1-5-26-17(22)15-10(2)19-18(23)20-14(15)9-27-16(21)11-6-12(24-3)8-13(7-11)25-4/h6-8,10H,5,9H2,1-4H3,(H2,19,20,23)/t10-/m1/s1. The minimum absolute atomic E-state index is 0.174. The van der Waals surface area contributed by atoms with Crippen molar-refractivity contribution in [3.05, 3.63) is 35.0 Å². The highest BCUT2D eigenvalue weighted by Crippen LogP contribution is 2.23. The molecule has 2 amide bonds. The third-order valence-corrected chi connectivity index (χ3v) is 3.80. The lowest BCUT2D eigenvalue weighted by Gasteiger charge is -2.26. The highest BCUT2D eigenvalue weighted by molar-refractivity contribution is 5.95. The van der Waals surface area contributed by atoms with Crippen molar-refractivity contribution >= 4 is 18.0 Å². The van der Waals surface area contributed by atoms with Crippen LogP contribution < -0.4 is 20.1 Å². The number of esters is 2. The molecule has 0 bridgehead atoms. The highest BCUT2D eigenvalue weighted by Gasteiger charge is 2.30. The number of amides is 2. The lowest BCUT2D eigenvalue weighted by Crippen LogP contribution is -2.50. The average molecular weight is 378 g/mol. The van der Waals surface area contributed by atoms with Crippen molar-refractivity contribution < 1.29 is 33.3 Å². The van der Waals surface area contributed by atoms with Gasteiger partial charge in [0, 0.05) is 6.07 Å². The molecular weight excluding hydrogens is 356 g/mol. The molecule has 146 valence electrons. The molecule has 1 aromatic rings. The summed E-state index contributed by atoms with van der Waals surface area (Å²) in [5.74, 6) is -0.400. The molecule has 0 saturated carbocycles. The number of urea groups is 1. The van der Waals surface area contributed by atoms with E-state index in [0.29, 0.717) is 11.5 Å². The van der Waals surface area contributed by atoms with E-state index in [1.165, 1.54) is 26.4 Å². The van der Waals surface area contributed by atoms with Crippen LogP contribution in [0, 0.1) is 0 Å². The van der Waals surface area contributed by atoms with Crippen molar-refractivity contribution in [1.29, 1.82) is 0 Å². The summed E-state index contributed by atoms with van der Waals surface area (Å²) in [6.07, 6.45) is 0. The van der Waals surface area contributed by atoms with Gasteiger partial charge in [-0.3, -0.25) is 0 Å². The summed E-state index contributed by atoms with van der Waals surface area (Å²) in [7, 11) is 2.93. The van der Waals surface area contributed by atoms with Gasteiger partial charge in [0.25, 0.3) is 0 Å². The number of methoxy groups -OCH3 is 2. The fourth-order valence-corrected chi connectivity index (χ4v) is 2.54. The Morgan fingerprint density at radius 3 is 2.22 bits per heavy atom. The molecule has 1 aromatic carbocycles. The number of carbonyl (C=O) groups excluding carboxylic acids is 3. The molecule has 1 heterocycles. The SMILES string of the molecule is CCOC(=O)C1=C(COC(=O)c2cc(OC)cc(OC)c2)NC(=O)N[C@@H]1C. The summed E-state index contributed by atoms with van der Waals surface area (Å²) in [6, 6.07) is 3.53. The maximum Gasteiger partial charge on any atom is 0.338 e. The molecule has 0 radical (unpaired) electrons. The van der Waals surface area contributed by atoms with Crippen molar-refractivity contribution in [2.45, 2.75) is 19.9 Å². The fraction of sp³-hybridized carbons (Fsp3) is 0.389. The average Bonchev–Trinajstić information content (AvgIpc) is 2.65. The molecule has 0 saturated heterocycles. The van der Waals surface area contributed by atoms with E-state index in [9.17, 15) is 14.4 Å². The maximum atomic E-state index is 12.4. The summed E-state index contributed by atoms with van der Waals surface area (Å²) >= 11 is 0. The fourth-order valence-electron chi connectivity index (χ4n) is 2.54. The zero-order valence-electron chi connectivity index (χ0n) is 15.6. The molecule has 27 heavy (non-hydrogen) atoms. The number of hydrogen-bond donors (Lipinski definition) is 2. The number of hydrogen-bond acceptors (Lipinski definition) is 7. The molecule has 9 heteroatoms. The van der Waals surface area contributed by atoms with Crippen LogP contribution in [-0.2, 0) is 14.3 Å². The minimum atomic E-state index is -0.664. The predicted octanol–water partition coefficient (Wildman–Crippen LogP) is 1.38. The van der Waals surface area contributed by atoms with E-state index in [0.717, 1.165) is 0 Å². The largest absolute Gasteiger partial charge is 0.497 e. The smallest absolute Gasteiger partial charge is 0.338 e. The molecule has 1 aliphatic rings. The molecule has 2 rings (SSSR count). The first kappa shape index (κ1) is 20.1. The van der Waals surface area contributed by atoms with E-state index in [1.807, 2.05) is 0 Å². The second-order valence-electron chi connectivity index (χ2n) is 5.61. The summed E-state index contributed by atoms with van der Waals surface area (Å²) in [5, 5.41) is 5.06. The van der Waals surface area contributed by atoms with Crippen molar-refractivity contribution in [1.82, 2.24) is 10.6 Å². The van der Waals surface area contributed by atoms with Gasteiger partial charge in [-0.1, -0.05) is 0 Å². The number of rotatable bonds is 7.